The second-order valence-corrected chi connectivity index (χ2v) is 5.81. The van der Waals surface area contributed by atoms with Gasteiger partial charge < -0.3 is 4.90 Å². The minimum Gasteiger partial charge on any atom is -0.370 e. The Kier molecular flexibility index (Phi) is 2.60. The van der Waals surface area contributed by atoms with Crippen LogP contribution in [0.5, 0.6) is 0 Å². The van der Waals surface area contributed by atoms with Crippen LogP contribution in [-0.2, 0) is 0 Å². The summed E-state index contributed by atoms with van der Waals surface area (Å²) >= 11 is 1.93. The minimum atomic E-state index is 1.24. The van der Waals surface area contributed by atoms with Gasteiger partial charge in [-0.05, 0) is 32.3 Å². The van der Waals surface area contributed by atoms with E-state index in [4.69, 9.17) is 0 Å². The van der Waals surface area contributed by atoms with Gasteiger partial charge in [0.1, 0.15) is 0 Å². The molecule has 1 aliphatic heterocycles. The third kappa shape index (κ3) is 1.61. The number of fused-ring (bicyclic) bond motifs is 1. The first-order valence-corrected chi connectivity index (χ1v) is 6.91. The summed E-state index contributed by atoms with van der Waals surface area (Å²) in [7, 11) is 0. The zero-order chi connectivity index (χ0) is 11.0. The van der Waals surface area contributed by atoms with Crippen LogP contribution in [0.3, 0.4) is 0 Å². The Bertz CT molecular complexity index is 494. The van der Waals surface area contributed by atoms with E-state index in [1.807, 2.05) is 11.3 Å². The Morgan fingerprint density at radius 2 is 1.81 bits per heavy atom. The van der Waals surface area contributed by atoms with E-state index in [-0.39, 0.29) is 0 Å². The number of thiophene rings is 1. The normalized spacial score (nSPS) is 16.9. The molecule has 0 atom stereocenters. The number of benzene rings is 1. The van der Waals surface area contributed by atoms with Crippen LogP contribution in [0.1, 0.15) is 24.1 Å². The Balaban J connectivity index is 2.10. The first kappa shape index (κ1) is 10.2. The van der Waals surface area contributed by atoms with Crippen LogP contribution in [-0.4, -0.2) is 13.1 Å². The fourth-order valence-electron chi connectivity index (χ4n) is 2.66. The fraction of sp³-hybridized carbons (Fsp3) is 0.429. The standard InChI is InChI=1S/C14H17NS/c1-11-14(15-9-5-2-6-10-15)12-7-3-4-8-13(12)16-11/h3-4,7-8H,2,5-6,9-10H2,1H3. The van der Waals surface area contributed by atoms with Gasteiger partial charge in [-0.3, -0.25) is 0 Å². The molecule has 0 radical (unpaired) electrons. The molecule has 1 fully saturated rings. The van der Waals surface area contributed by atoms with Crippen molar-refractivity contribution in [1.29, 1.82) is 0 Å². The van der Waals surface area contributed by atoms with Crippen molar-refractivity contribution >= 4 is 27.1 Å². The van der Waals surface area contributed by atoms with Gasteiger partial charge in [0, 0.05) is 28.1 Å². The second kappa shape index (κ2) is 4.10. The van der Waals surface area contributed by atoms with Gasteiger partial charge in [0.05, 0.1) is 5.69 Å². The lowest BCUT2D eigenvalue weighted by Crippen LogP contribution is -2.29. The largest absolute Gasteiger partial charge is 0.370 e. The lowest BCUT2D eigenvalue weighted by atomic mass is 10.1. The second-order valence-electron chi connectivity index (χ2n) is 4.55. The fourth-order valence-corrected chi connectivity index (χ4v) is 3.75. The van der Waals surface area contributed by atoms with Crippen molar-refractivity contribution in [1.82, 2.24) is 0 Å². The Labute approximate surface area is 101 Å². The molecular formula is C14H17NS. The molecule has 0 saturated carbocycles. The monoisotopic (exact) mass is 231 g/mol. The first-order valence-electron chi connectivity index (χ1n) is 6.09. The van der Waals surface area contributed by atoms with E-state index < -0.39 is 0 Å². The van der Waals surface area contributed by atoms with Crippen LogP contribution >= 0.6 is 11.3 Å². The molecule has 3 rings (SSSR count). The van der Waals surface area contributed by atoms with Gasteiger partial charge in [-0.15, -0.1) is 11.3 Å². The quantitative estimate of drug-likeness (QED) is 0.711. The van der Waals surface area contributed by atoms with E-state index in [0.29, 0.717) is 0 Å². The lowest BCUT2D eigenvalue weighted by Gasteiger charge is -2.29. The molecule has 2 heteroatoms. The summed E-state index contributed by atoms with van der Waals surface area (Å²) in [6.45, 7) is 4.73. The number of hydrogen-bond acceptors (Lipinski definition) is 2. The molecule has 1 aliphatic rings. The maximum Gasteiger partial charge on any atom is 0.0584 e. The maximum absolute atomic E-state index is 2.58. The van der Waals surface area contributed by atoms with E-state index in [2.05, 4.69) is 36.1 Å². The van der Waals surface area contributed by atoms with E-state index in [1.165, 1.54) is 53.0 Å². The van der Waals surface area contributed by atoms with E-state index >= 15 is 0 Å². The molecule has 1 saturated heterocycles. The summed E-state index contributed by atoms with van der Waals surface area (Å²) in [6, 6.07) is 8.80. The van der Waals surface area contributed by atoms with Crippen LogP contribution in [0.2, 0.25) is 0 Å². The van der Waals surface area contributed by atoms with Crippen molar-refractivity contribution in [2.75, 3.05) is 18.0 Å². The first-order chi connectivity index (χ1) is 7.86. The summed E-state index contributed by atoms with van der Waals surface area (Å²) in [6.07, 6.45) is 4.10. The number of anilines is 1. The number of nitrogens with zero attached hydrogens (tertiary/aromatic N) is 1. The van der Waals surface area contributed by atoms with E-state index in [0.717, 1.165) is 0 Å². The zero-order valence-corrected chi connectivity index (χ0v) is 10.5. The highest BCUT2D eigenvalue weighted by molar-refractivity contribution is 7.19. The molecule has 1 aromatic heterocycles. The molecule has 0 spiro atoms. The number of hydrogen-bond donors (Lipinski definition) is 0. The van der Waals surface area contributed by atoms with Gasteiger partial charge in [0.15, 0.2) is 0 Å². The zero-order valence-electron chi connectivity index (χ0n) is 9.70. The topological polar surface area (TPSA) is 3.24 Å². The van der Waals surface area contributed by atoms with Gasteiger partial charge >= 0.3 is 0 Å². The van der Waals surface area contributed by atoms with Crippen molar-refractivity contribution in [2.24, 2.45) is 0 Å². The molecule has 1 nitrogen and oxygen atoms in total. The van der Waals surface area contributed by atoms with Crippen LogP contribution in [0, 0.1) is 6.92 Å². The van der Waals surface area contributed by atoms with Crippen LogP contribution < -0.4 is 4.90 Å². The van der Waals surface area contributed by atoms with Crippen LogP contribution in [0.15, 0.2) is 24.3 Å². The van der Waals surface area contributed by atoms with Crippen LogP contribution in [0.25, 0.3) is 10.1 Å². The molecule has 0 amide bonds. The lowest BCUT2D eigenvalue weighted by molar-refractivity contribution is 0.579. The summed E-state index contributed by atoms with van der Waals surface area (Å²) in [5.74, 6) is 0. The van der Waals surface area contributed by atoms with Crippen molar-refractivity contribution in [3.63, 3.8) is 0 Å². The highest BCUT2D eigenvalue weighted by Crippen LogP contribution is 2.38. The SMILES string of the molecule is Cc1sc2ccccc2c1N1CCCCC1. The smallest absolute Gasteiger partial charge is 0.0584 e. The molecule has 0 N–H and O–H groups in total. The van der Waals surface area contributed by atoms with Gasteiger partial charge in [-0.2, -0.15) is 0 Å². The van der Waals surface area contributed by atoms with Gasteiger partial charge in [-0.1, -0.05) is 18.2 Å². The number of rotatable bonds is 1. The molecule has 0 aliphatic carbocycles. The summed E-state index contributed by atoms with van der Waals surface area (Å²) in [5.41, 5.74) is 1.50. The van der Waals surface area contributed by atoms with E-state index in [9.17, 15) is 0 Å². The molecule has 0 bridgehead atoms. The summed E-state index contributed by atoms with van der Waals surface area (Å²) < 4.78 is 1.43. The van der Waals surface area contributed by atoms with Gasteiger partial charge in [-0.25, -0.2) is 0 Å². The predicted molar refractivity (Wildman–Crippen MR) is 72.6 cm³/mol. The number of aryl methyl sites for hydroxylation is 1. The average molecular weight is 231 g/mol. The molecule has 84 valence electrons. The summed E-state index contributed by atoms with van der Waals surface area (Å²) in [4.78, 5) is 4.06. The van der Waals surface area contributed by atoms with Crippen molar-refractivity contribution in [2.45, 2.75) is 26.2 Å². The highest BCUT2D eigenvalue weighted by Gasteiger charge is 2.17. The van der Waals surface area contributed by atoms with Crippen LogP contribution in [0.4, 0.5) is 5.69 Å². The third-order valence-electron chi connectivity index (χ3n) is 3.41. The summed E-state index contributed by atoms with van der Waals surface area (Å²) in [5, 5.41) is 1.45. The average Bonchev–Trinajstić information content (AvgIpc) is 2.66. The Morgan fingerprint density at radius 1 is 1.06 bits per heavy atom. The molecule has 16 heavy (non-hydrogen) atoms. The van der Waals surface area contributed by atoms with Gasteiger partial charge in [0.25, 0.3) is 0 Å². The van der Waals surface area contributed by atoms with Gasteiger partial charge in [0.2, 0.25) is 0 Å². The number of piperidine rings is 1. The predicted octanol–water partition coefficient (Wildman–Crippen LogP) is 4.20. The Morgan fingerprint density at radius 3 is 2.62 bits per heavy atom. The maximum atomic E-state index is 2.58. The third-order valence-corrected chi connectivity index (χ3v) is 4.49. The van der Waals surface area contributed by atoms with Crippen molar-refractivity contribution in [3.8, 4) is 0 Å². The highest BCUT2D eigenvalue weighted by atomic mass is 32.1. The Hall–Kier alpha value is -1.02. The molecule has 2 heterocycles. The van der Waals surface area contributed by atoms with Crippen molar-refractivity contribution in [3.05, 3.63) is 29.1 Å². The molecular weight excluding hydrogens is 214 g/mol. The van der Waals surface area contributed by atoms with Crippen molar-refractivity contribution < 1.29 is 0 Å². The molecule has 0 unspecified atom stereocenters. The van der Waals surface area contributed by atoms with E-state index in [1.54, 1.807) is 0 Å². The molecule has 1 aromatic carbocycles. The minimum absolute atomic E-state index is 1.24. The molecule has 2 aromatic rings.